The van der Waals surface area contributed by atoms with Gasteiger partial charge in [-0.1, -0.05) is 54.1 Å². The molecule has 0 radical (unpaired) electrons. The highest BCUT2D eigenvalue weighted by atomic mass is 32.2. The van der Waals surface area contributed by atoms with Crippen molar-refractivity contribution in [1.29, 1.82) is 0 Å². The molecule has 0 aliphatic carbocycles. The van der Waals surface area contributed by atoms with Crippen LogP contribution in [0.3, 0.4) is 0 Å². The lowest BCUT2D eigenvalue weighted by Gasteiger charge is -2.24. The lowest BCUT2D eigenvalue weighted by molar-refractivity contribution is 0.0472. The van der Waals surface area contributed by atoms with Gasteiger partial charge in [0.15, 0.2) is 0 Å². The molecule has 0 aromatic heterocycles. The van der Waals surface area contributed by atoms with Gasteiger partial charge in [0, 0.05) is 6.04 Å². The molecule has 0 saturated carbocycles. The highest BCUT2D eigenvalue weighted by Gasteiger charge is 2.36. The number of fused-ring (bicyclic) bond motifs is 1. The van der Waals surface area contributed by atoms with E-state index in [2.05, 4.69) is 0 Å². The number of benzene rings is 3. The monoisotopic (exact) mass is 421 g/mol. The fourth-order valence-electron chi connectivity index (χ4n) is 3.83. The van der Waals surface area contributed by atoms with E-state index in [9.17, 15) is 13.2 Å². The molecule has 4 rings (SSSR count). The summed E-state index contributed by atoms with van der Waals surface area (Å²) in [5, 5.41) is 0. The van der Waals surface area contributed by atoms with E-state index in [1.165, 1.54) is 16.4 Å². The number of nitrogens with zero attached hydrogens (tertiary/aromatic N) is 1. The smallest absolute Gasteiger partial charge is 0.338 e. The third kappa shape index (κ3) is 3.83. The number of anilines is 1. The summed E-state index contributed by atoms with van der Waals surface area (Å²) in [6.07, 6.45) is 0.660. The molecule has 154 valence electrons. The topological polar surface area (TPSA) is 63.7 Å². The number of carbonyl (C=O) groups is 1. The molecule has 3 aromatic carbocycles. The maximum Gasteiger partial charge on any atom is 0.338 e. The number of rotatable bonds is 5. The first-order valence-corrected chi connectivity index (χ1v) is 11.3. The molecule has 0 saturated heterocycles. The van der Waals surface area contributed by atoms with E-state index >= 15 is 0 Å². The predicted octanol–water partition coefficient (Wildman–Crippen LogP) is 4.49. The molecule has 1 atom stereocenters. The van der Waals surface area contributed by atoms with Crippen LogP contribution in [0, 0.1) is 6.92 Å². The van der Waals surface area contributed by atoms with E-state index < -0.39 is 16.0 Å². The molecular formula is C24H23NO4S. The van der Waals surface area contributed by atoms with E-state index in [1.54, 1.807) is 12.1 Å². The molecule has 1 aliphatic rings. The largest absolute Gasteiger partial charge is 0.457 e. The van der Waals surface area contributed by atoms with Crippen molar-refractivity contribution in [2.45, 2.75) is 37.8 Å². The van der Waals surface area contributed by atoms with Gasteiger partial charge in [-0.3, -0.25) is 4.31 Å². The Balaban J connectivity index is 1.57. The van der Waals surface area contributed by atoms with Gasteiger partial charge < -0.3 is 4.74 Å². The molecule has 3 aromatic rings. The number of sulfonamides is 1. The zero-order chi connectivity index (χ0) is 21.3. The van der Waals surface area contributed by atoms with Crippen molar-refractivity contribution in [1.82, 2.24) is 0 Å². The Morgan fingerprint density at radius 2 is 1.80 bits per heavy atom. The van der Waals surface area contributed by atoms with Crippen molar-refractivity contribution in [2.24, 2.45) is 0 Å². The van der Waals surface area contributed by atoms with Gasteiger partial charge in [-0.05, 0) is 55.7 Å². The number of hydrogen-bond acceptors (Lipinski definition) is 4. The highest BCUT2D eigenvalue weighted by molar-refractivity contribution is 7.92. The Kier molecular flexibility index (Phi) is 5.35. The average Bonchev–Trinajstić information content (AvgIpc) is 3.08. The summed E-state index contributed by atoms with van der Waals surface area (Å²) in [4.78, 5) is 12.6. The van der Waals surface area contributed by atoms with Crippen LogP contribution in [0.15, 0.2) is 77.7 Å². The first-order valence-electron chi connectivity index (χ1n) is 9.81. The van der Waals surface area contributed by atoms with Crippen LogP contribution in [0.5, 0.6) is 0 Å². The van der Waals surface area contributed by atoms with Crippen molar-refractivity contribution in [3.05, 3.63) is 95.1 Å². The summed E-state index contributed by atoms with van der Waals surface area (Å²) >= 11 is 0. The zero-order valence-corrected chi connectivity index (χ0v) is 17.7. The van der Waals surface area contributed by atoms with Gasteiger partial charge in [0.25, 0.3) is 10.0 Å². The van der Waals surface area contributed by atoms with Crippen LogP contribution in [-0.2, 0) is 27.8 Å². The minimum Gasteiger partial charge on any atom is -0.457 e. The van der Waals surface area contributed by atoms with Crippen molar-refractivity contribution in [2.75, 3.05) is 4.31 Å². The summed E-state index contributed by atoms with van der Waals surface area (Å²) in [6.45, 7) is 3.99. The minimum absolute atomic E-state index is 0.0797. The molecule has 0 N–H and O–H groups in total. The van der Waals surface area contributed by atoms with Crippen LogP contribution in [-0.4, -0.2) is 20.4 Å². The minimum atomic E-state index is -3.80. The van der Waals surface area contributed by atoms with Gasteiger partial charge in [-0.15, -0.1) is 0 Å². The van der Waals surface area contributed by atoms with E-state index in [0.717, 1.165) is 16.7 Å². The van der Waals surface area contributed by atoms with Gasteiger partial charge in [0.2, 0.25) is 0 Å². The fraction of sp³-hybridized carbons (Fsp3) is 0.208. The number of aryl methyl sites for hydroxylation is 1. The third-order valence-electron chi connectivity index (χ3n) is 5.22. The Hall–Kier alpha value is -3.12. The van der Waals surface area contributed by atoms with Gasteiger partial charge in [-0.25, -0.2) is 13.2 Å². The molecule has 1 heterocycles. The van der Waals surface area contributed by atoms with Crippen LogP contribution >= 0.6 is 0 Å². The summed E-state index contributed by atoms with van der Waals surface area (Å²) in [5.41, 5.74) is 3.87. The molecule has 0 amide bonds. The normalized spacial score (nSPS) is 15.7. The Morgan fingerprint density at radius 1 is 1.03 bits per heavy atom. The summed E-state index contributed by atoms with van der Waals surface area (Å²) in [5.74, 6) is -0.552. The van der Waals surface area contributed by atoms with Gasteiger partial charge >= 0.3 is 5.97 Å². The van der Waals surface area contributed by atoms with Crippen molar-refractivity contribution in [3.8, 4) is 0 Å². The first-order chi connectivity index (χ1) is 14.4. The highest BCUT2D eigenvalue weighted by Crippen LogP contribution is 2.36. The van der Waals surface area contributed by atoms with Crippen molar-refractivity contribution >= 4 is 21.7 Å². The number of carbonyl (C=O) groups excluding carboxylic acids is 1. The summed E-state index contributed by atoms with van der Waals surface area (Å²) in [6, 6.07) is 21.1. The number of ether oxygens (including phenoxy) is 1. The molecule has 6 heteroatoms. The second kappa shape index (κ2) is 7.95. The number of hydrogen-bond donors (Lipinski definition) is 0. The molecule has 0 unspecified atom stereocenters. The standard InChI is InChI=1S/C24H23NO4S/c1-17-7-5-8-19(13-17)16-29-24(26)21-10-6-11-22(15-21)30(27,28)25-18(2)14-20-9-3-4-12-23(20)25/h3-13,15,18H,14,16H2,1-2H3/t18-/m1/s1. The van der Waals surface area contributed by atoms with E-state index in [1.807, 2.05) is 62.4 Å². The second-order valence-electron chi connectivity index (χ2n) is 7.58. The quantitative estimate of drug-likeness (QED) is 0.570. The molecular weight excluding hydrogens is 398 g/mol. The second-order valence-corrected chi connectivity index (χ2v) is 9.39. The maximum absolute atomic E-state index is 13.4. The Morgan fingerprint density at radius 3 is 2.60 bits per heavy atom. The molecule has 1 aliphatic heterocycles. The van der Waals surface area contributed by atoms with Gasteiger partial charge in [0.1, 0.15) is 6.61 Å². The maximum atomic E-state index is 13.4. The van der Waals surface area contributed by atoms with Crippen LogP contribution in [0.2, 0.25) is 0 Å². The lowest BCUT2D eigenvalue weighted by atomic mass is 10.1. The van der Waals surface area contributed by atoms with E-state index in [4.69, 9.17) is 4.74 Å². The third-order valence-corrected chi connectivity index (χ3v) is 7.15. The molecule has 0 fully saturated rings. The lowest BCUT2D eigenvalue weighted by Crippen LogP contribution is -2.35. The Bertz CT molecular complexity index is 1200. The predicted molar refractivity (Wildman–Crippen MR) is 116 cm³/mol. The number of para-hydroxylation sites is 1. The van der Waals surface area contributed by atoms with Crippen LogP contribution in [0.25, 0.3) is 0 Å². The van der Waals surface area contributed by atoms with Crippen molar-refractivity contribution in [3.63, 3.8) is 0 Å². The zero-order valence-electron chi connectivity index (χ0n) is 16.9. The summed E-state index contributed by atoms with van der Waals surface area (Å²) < 4.78 is 33.6. The molecule has 0 bridgehead atoms. The average molecular weight is 422 g/mol. The number of esters is 1. The fourth-order valence-corrected chi connectivity index (χ4v) is 5.57. The Labute approximate surface area is 177 Å². The van der Waals surface area contributed by atoms with Crippen LogP contribution < -0.4 is 4.31 Å². The summed E-state index contributed by atoms with van der Waals surface area (Å²) in [7, 11) is -3.80. The van der Waals surface area contributed by atoms with E-state index in [0.29, 0.717) is 12.1 Å². The first kappa shape index (κ1) is 20.2. The molecule has 30 heavy (non-hydrogen) atoms. The van der Waals surface area contributed by atoms with Crippen LogP contribution in [0.1, 0.15) is 34.0 Å². The van der Waals surface area contributed by atoms with E-state index in [-0.39, 0.29) is 23.1 Å². The molecule has 5 nitrogen and oxygen atoms in total. The van der Waals surface area contributed by atoms with Crippen molar-refractivity contribution < 1.29 is 17.9 Å². The molecule has 0 spiro atoms. The van der Waals surface area contributed by atoms with Gasteiger partial charge in [0.05, 0.1) is 16.1 Å². The SMILES string of the molecule is Cc1cccc(COC(=O)c2cccc(S(=O)(=O)N3c4ccccc4C[C@H]3C)c2)c1. The van der Waals surface area contributed by atoms with Crippen LogP contribution in [0.4, 0.5) is 5.69 Å². The van der Waals surface area contributed by atoms with Gasteiger partial charge in [-0.2, -0.15) is 0 Å².